The molecule has 2 N–H and O–H groups in total. The van der Waals surface area contributed by atoms with E-state index in [4.69, 9.17) is 26.4 Å². The molecule has 2 aliphatic heterocycles. The van der Waals surface area contributed by atoms with Gasteiger partial charge in [0.05, 0.1) is 29.1 Å². The number of rotatable bonds is 7. The van der Waals surface area contributed by atoms with Crippen LogP contribution >= 0.6 is 11.6 Å². The van der Waals surface area contributed by atoms with E-state index >= 15 is 0 Å². The molecule has 1 unspecified atom stereocenters. The lowest BCUT2D eigenvalue weighted by molar-refractivity contribution is 0.0175. The van der Waals surface area contributed by atoms with Gasteiger partial charge in [-0.3, -0.25) is 10.2 Å². The summed E-state index contributed by atoms with van der Waals surface area (Å²) in [6.07, 6.45) is 2.76. The van der Waals surface area contributed by atoms with Crippen molar-refractivity contribution < 1.29 is 23.4 Å². The van der Waals surface area contributed by atoms with Crippen LogP contribution in [0.1, 0.15) is 25.3 Å². The zero-order valence-electron chi connectivity index (χ0n) is 20.1. The van der Waals surface area contributed by atoms with E-state index in [9.17, 15) is 13.6 Å². The van der Waals surface area contributed by atoms with Gasteiger partial charge in [0.25, 0.3) is 5.92 Å². The van der Waals surface area contributed by atoms with E-state index in [1.807, 2.05) is 0 Å². The van der Waals surface area contributed by atoms with Gasteiger partial charge in [0, 0.05) is 56.4 Å². The Hall–Kier alpha value is -3.50. The molecular formula is C26H26ClF2N5O3. The number of ether oxygens (including phenoxy) is 1. The number of carbonyl (C=O) groups excluding carboxylic acids is 1. The van der Waals surface area contributed by atoms with Crippen LogP contribution in [0.25, 0.3) is 11.3 Å². The fraction of sp³-hybridized carbons (Fsp3) is 0.346. The Kier molecular flexibility index (Phi) is 6.87. The van der Waals surface area contributed by atoms with Crippen molar-refractivity contribution in [1.29, 1.82) is 0 Å². The number of nitrogens with zero attached hydrogens (tertiary/aromatic N) is 4. The molecule has 0 spiro atoms. The predicted molar refractivity (Wildman–Crippen MR) is 138 cm³/mol. The zero-order chi connectivity index (χ0) is 26.2. The third-order valence-corrected chi connectivity index (χ3v) is 6.72. The Morgan fingerprint density at radius 1 is 1.30 bits per heavy atom. The van der Waals surface area contributed by atoms with Crippen molar-refractivity contribution in [3.63, 3.8) is 0 Å². The maximum absolute atomic E-state index is 14.0. The van der Waals surface area contributed by atoms with Crippen LogP contribution < -0.4 is 19.9 Å². The Morgan fingerprint density at radius 2 is 2.14 bits per heavy atom. The van der Waals surface area contributed by atoms with Gasteiger partial charge in [-0.1, -0.05) is 29.8 Å². The van der Waals surface area contributed by atoms with E-state index in [0.717, 1.165) is 19.9 Å². The van der Waals surface area contributed by atoms with E-state index in [0.29, 0.717) is 58.9 Å². The minimum atomic E-state index is -3.02. The van der Waals surface area contributed by atoms with Crippen LogP contribution in [0.5, 0.6) is 5.75 Å². The number of carbonyl (C=O) groups is 1. The van der Waals surface area contributed by atoms with Gasteiger partial charge in [0.1, 0.15) is 11.6 Å². The Labute approximate surface area is 217 Å². The summed E-state index contributed by atoms with van der Waals surface area (Å²) in [5.41, 5.74) is 1.33. The molecule has 3 aromatic rings. The number of hydrogen-bond donors (Lipinski definition) is 2. The molecule has 2 aliphatic rings. The number of nitrogens with one attached hydrogen (secondary N) is 1. The molecule has 5 rings (SSSR count). The van der Waals surface area contributed by atoms with Gasteiger partial charge in [-0.05, 0) is 24.6 Å². The number of anilines is 3. The van der Waals surface area contributed by atoms with Crippen LogP contribution in [0, 0.1) is 0 Å². The number of fused-ring (bicyclic) bond motifs is 4. The third kappa shape index (κ3) is 5.17. The normalized spacial score (nSPS) is 16.5. The van der Waals surface area contributed by atoms with Crippen molar-refractivity contribution in [2.45, 2.75) is 31.7 Å². The number of amides is 2. The van der Waals surface area contributed by atoms with Crippen LogP contribution in [-0.4, -0.2) is 53.5 Å². The first-order valence-electron chi connectivity index (χ1n) is 12.0. The lowest BCUT2D eigenvalue weighted by Gasteiger charge is -2.36. The largest absolute Gasteiger partial charge is 0.493 e. The second-order valence-corrected chi connectivity index (χ2v) is 9.53. The van der Waals surface area contributed by atoms with Crippen LogP contribution in [-0.2, 0) is 5.92 Å². The number of urea groups is 1. The van der Waals surface area contributed by atoms with E-state index in [1.54, 1.807) is 35.2 Å². The Morgan fingerprint density at radius 3 is 2.92 bits per heavy atom. The molecule has 1 aromatic carbocycles. The quantitative estimate of drug-likeness (QED) is 0.404. The highest BCUT2D eigenvalue weighted by Crippen LogP contribution is 2.43. The summed E-state index contributed by atoms with van der Waals surface area (Å²) in [6.45, 7) is 2.57. The summed E-state index contributed by atoms with van der Waals surface area (Å²) in [5.74, 6) is -1.78. The minimum Gasteiger partial charge on any atom is -0.493 e. The number of pyridine rings is 2. The second kappa shape index (κ2) is 10.1. The van der Waals surface area contributed by atoms with E-state index in [-0.39, 0.29) is 18.2 Å². The van der Waals surface area contributed by atoms with Gasteiger partial charge < -0.3 is 14.7 Å². The summed E-state index contributed by atoms with van der Waals surface area (Å²) >= 11 is 6.59. The first kappa shape index (κ1) is 25.2. The molecule has 37 heavy (non-hydrogen) atoms. The summed E-state index contributed by atoms with van der Waals surface area (Å²) in [7, 11) is 0. The number of hydrogen-bond acceptors (Lipinski definition) is 6. The first-order chi connectivity index (χ1) is 17.7. The van der Waals surface area contributed by atoms with Crippen LogP contribution in [0.15, 0.2) is 48.7 Å². The maximum atomic E-state index is 14.0. The smallest absolute Gasteiger partial charge is 0.329 e. The van der Waals surface area contributed by atoms with Gasteiger partial charge in [-0.2, -0.15) is 0 Å². The summed E-state index contributed by atoms with van der Waals surface area (Å²) in [5, 5.41) is 12.1. The van der Waals surface area contributed by atoms with Crippen LogP contribution in [0.2, 0.25) is 5.02 Å². The fourth-order valence-electron chi connectivity index (χ4n) is 4.62. The lowest BCUT2D eigenvalue weighted by Crippen LogP contribution is -2.48. The summed E-state index contributed by atoms with van der Waals surface area (Å²) < 4.78 is 33.5. The topological polar surface area (TPSA) is 90.8 Å². The molecule has 2 amide bonds. The van der Waals surface area contributed by atoms with Gasteiger partial charge in [-0.25, -0.2) is 23.5 Å². The van der Waals surface area contributed by atoms with Gasteiger partial charge >= 0.3 is 6.03 Å². The van der Waals surface area contributed by atoms with Gasteiger partial charge in [0.2, 0.25) is 0 Å². The molecule has 4 heterocycles. The summed E-state index contributed by atoms with van der Waals surface area (Å²) in [6, 6.07) is 10.4. The zero-order valence-corrected chi connectivity index (χ0v) is 20.9. The van der Waals surface area contributed by atoms with Crippen molar-refractivity contribution in [2.24, 2.45) is 0 Å². The molecule has 194 valence electrons. The lowest BCUT2D eigenvalue weighted by atomic mass is 10.0. The predicted octanol–water partition coefficient (Wildman–Crippen LogP) is 5.30. The molecule has 0 aliphatic carbocycles. The monoisotopic (exact) mass is 529 g/mol. The molecular weight excluding hydrogens is 504 g/mol. The van der Waals surface area contributed by atoms with Crippen molar-refractivity contribution >= 4 is 35.0 Å². The highest BCUT2D eigenvalue weighted by Gasteiger charge is 2.41. The number of benzene rings is 1. The molecule has 0 radical (unpaired) electrons. The highest BCUT2D eigenvalue weighted by atomic mass is 35.5. The highest BCUT2D eigenvalue weighted by molar-refractivity contribution is 6.33. The number of aliphatic hydroxyl groups excluding tert-OH is 1. The molecule has 8 nitrogen and oxygen atoms in total. The minimum absolute atomic E-state index is 0.0195. The molecule has 1 fully saturated rings. The van der Waals surface area contributed by atoms with Crippen molar-refractivity contribution in [3.8, 4) is 17.0 Å². The summed E-state index contributed by atoms with van der Waals surface area (Å²) in [4.78, 5) is 26.2. The average Bonchev–Trinajstić information content (AvgIpc) is 3.29. The SMILES string of the molecule is CC(F)(F)c1cccc(-c2nc3c(cc2Cl)N2CCC(C2)N3C(=O)Nc2cc(OCCCO)ccn2)c1. The molecule has 0 saturated carbocycles. The number of aromatic nitrogens is 2. The van der Waals surface area contributed by atoms with Crippen LogP contribution in [0.4, 0.5) is 30.9 Å². The first-order valence-corrected chi connectivity index (χ1v) is 12.4. The third-order valence-electron chi connectivity index (χ3n) is 6.43. The maximum Gasteiger partial charge on any atom is 0.329 e. The molecule has 2 aromatic heterocycles. The van der Waals surface area contributed by atoms with Crippen molar-refractivity contribution in [2.75, 3.05) is 41.4 Å². The molecule has 11 heteroatoms. The Balaban J connectivity index is 1.47. The Bertz CT molecular complexity index is 1320. The molecule has 2 bridgehead atoms. The number of aliphatic hydroxyl groups is 1. The standard InChI is InChI=1S/C26H26ClF2N5O3/c1-26(28,29)17-5-2-4-16(12-17)23-20(27)14-21-24(32-23)34(18-7-9-33(21)15-18)25(36)31-22-13-19(6-8-30-22)37-11-3-10-35/h2,4-6,8,12-14,18,35H,3,7,9-11,15H2,1H3,(H,30,31,36). The average molecular weight is 530 g/mol. The second-order valence-electron chi connectivity index (χ2n) is 9.12. The number of alkyl halides is 2. The van der Waals surface area contributed by atoms with Crippen LogP contribution in [0.3, 0.4) is 0 Å². The van der Waals surface area contributed by atoms with Crippen molar-refractivity contribution in [1.82, 2.24) is 9.97 Å². The fourth-order valence-corrected chi connectivity index (χ4v) is 4.88. The molecule has 1 atom stereocenters. The van der Waals surface area contributed by atoms with E-state index < -0.39 is 12.0 Å². The molecule has 1 saturated heterocycles. The van der Waals surface area contributed by atoms with E-state index in [2.05, 4.69) is 15.2 Å². The van der Waals surface area contributed by atoms with E-state index in [1.165, 1.54) is 18.3 Å². The number of halogens is 3. The van der Waals surface area contributed by atoms with Crippen molar-refractivity contribution in [3.05, 3.63) is 59.2 Å². The van der Waals surface area contributed by atoms with Gasteiger partial charge in [0.15, 0.2) is 5.82 Å². The van der Waals surface area contributed by atoms with Gasteiger partial charge in [-0.15, -0.1) is 0 Å².